The highest BCUT2D eigenvalue weighted by atomic mass is 16.6. The molecule has 1 aliphatic heterocycles. The molecule has 10 nitrogen and oxygen atoms in total. The van der Waals surface area contributed by atoms with Gasteiger partial charge in [0.25, 0.3) is 0 Å². The number of carbonyl (C=O) groups is 1. The second kappa shape index (κ2) is 13.4. The van der Waals surface area contributed by atoms with Crippen molar-refractivity contribution in [3.05, 3.63) is 72.9 Å². The van der Waals surface area contributed by atoms with Gasteiger partial charge in [0.1, 0.15) is 11.4 Å². The quantitative estimate of drug-likeness (QED) is 0.169. The molecule has 1 aliphatic rings. The van der Waals surface area contributed by atoms with Gasteiger partial charge >= 0.3 is 6.09 Å². The summed E-state index contributed by atoms with van der Waals surface area (Å²) in [6.45, 7) is 16.7. The van der Waals surface area contributed by atoms with E-state index in [4.69, 9.17) is 14.7 Å². The second-order valence-corrected chi connectivity index (χ2v) is 13.2. The summed E-state index contributed by atoms with van der Waals surface area (Å²) in [5.74, 6) is 1.35. The average molecular weight is 621 g/mol. The Hall–Kier alpha value is -4.54. The van der Waals surface area contributed by atoms with E-state index in [1.54, 1.807) is 6.20 Å². The van der Waals surface area contributed by atoms with Crippen LogP contribution in [0, 0.1) is 0 Å². The summed E-state index contributed by atoms with van der Waals surface area (Å²) in [4.78, 5) is 27.7. The van der Waals surface area contributed by atoms with Crippen molar-refractivity contribution < 1.29 is 9.53 Å². The van der Waals surface area contributed by atoms with Crippen LogP contribution in [0.25, 0.3) is 33.2 Å². The molecule has 1 saturated heterocycles. The van der Waals surface area contributed by atoms with Gasteiger partial charge in [-0.2, -0.15) is 9.78 Å². The molecule has 0 spiro atoms. The van der Waals surface area contributed by atoms with Crippen molar-refractivity contribution in [1.29, 1.82) is 0 Å². The first-order valence-corrected chi connectivity index (χ1v) is 16.2. The zero-order valence-corrected chi connectivity index (χ0v) is 27.5. The molecule has 46 heavy (non-hydrogen) atoms. The normalized spacial score (nSPS) is 14.7. The monoisotopic (exact) mass is 620 g/mol. The van der Waals surface area contributed by atoms with Gasteiger partial charge in [0, 0.05) is 66.5 Å². The van der Waals surface area contributed by atoms with Gasteiger partial charge in [-0.25, -0.2) is 14.8 Å². The molecule has 1 fully saturated rings. The van der Waals surface area contributed by atoms with Gasteiger partial charge < -0.3 is 20.3 Å². The summed E-state index contributed by atoms with van der Waals surface area (Å²) in [5, 5.41) is 13.1. The molecule has 0 bridgehead atoms. The van der Waals surface area contributed by atoms with E-state index in [0.717, 1.165) is 78.9 Å². The number of anilines is 3. The van der Waals surface area contributed by atoms with Crippen molar-refractivity contribution in [3.8, 4) is 11.4 Å². The number of hydrogen-bond acceptors (Lipinski definition) is 9. The van der Waals surface area contributed by atoms with Crippen molar-refractivity contribution >= 4 is 45.1 Å². The highest BCUT2D eigenvalue weighted by molar-refractivity contribution is 5.94. The summed E-state index contributed by atoms with van der Waals surface area (Å²) in [5.41, 5.74) is 3.74. The van der Waals surface area contributed by atoms with Crippen LogP contribution in [0.1, 0.15) is 41.0 Å². The molecule has 0 unspecified atom stereocenters. The average Bonchev–Trinajstić information content (AvgIpc) is 3.46. The van der Waals surface area contributed by atoms with Crippen LogP contribution >= 0.6 is 0 Å². The van der Waals surface area contributed by atoms with Crippen LogP contribution in [0.3, 0.4) is 0 Å². The maximum absolute atomic E-state index is 12.7. The standard InChI is InChI=1S/C36H44N8O2/c1-25(2)43-20-18-42(19-21-43)17-9-16-37-28-11-8-10-26(22-28)33-40-31-13-7-6-12-30(31)34(41-33)39-29-14-15-32-27(23-29)24-38-44(32)35(45)46-36(3,4)5/h6-8,10-15,22-25,37H,9,16-21H2,1-5H3,(H,39,40,41). The number of hydrogen-bond donors (Lipinski definition) is 2. The molecule has 2 N–H and O–H groups in total. The molecule has 5 aromatic rings. The highest BCUT2D eigenvalue weighted by Crippen LogP contribution is 2.30. The van der Waals surface area contributed by atoms with Crippen LogP contribution in [0.15, 0.2) is 72.9 Å². The minimum absolute atomic E-state index is 0.508. The van der Waals surface area contributed by atoms with Crippen molar-refractivity contribution in [3.63, 3.8) is 0 Å². The summed E-state index contributed by atoms with van der Waals surface area (Å²) >= 11 is 0. The van der Waals surface area contributed by atoms with Gasteiger partial charge in [0.15, 0.2) is 5.82 Å². The number of carbonyl (C=O) groups excluding carboxylic acids is 1. The van der Waals surface area contributed by atoms with Crippen LogP contribution in [0.5, 0.6) is 0 Å². The number of nitrogens with zero attached hydrogens (tertiary/aromatic N) is 6. The lowest BCUT2D eigenvalue weighted by Gasteiger charge is -2.36. The third-order valence-corrected chi connectivity index (χ3v) is 8.24. The fourth-order valence-corrected chi connectivity index (χ4v) is 5.81. The SMILES string of the molecule is CC(C)N1CCN(CCCNc2cccc(-c3nc(Nc4ccc5c(cnn5C(=O)OC(C)(C)C)c4)c4ccccc4n3)c2)CC1. The van der Waals surface area contributed by atoms with Crippen molar-refractivity contribution in [2.24, 2.45) is 0 Å². The fraction of sp³-hybridized carbons (Fsp3) is 0.389. The minimum atomic E-state index is -0.610. The van der Waals surface area contributed by atoms with E-state index in [2.05, 4.69) is 51.5 Å². The van der Waals surface area contributed by atoms with E-state index in [1.165, 1.54) is 4.68 Å². The Bertz CT molecular complexity index is 1820. The van der Waals surface area contributed by atoms with Gasteiger partial charge in [-0.15, -0.1) is 0 Å². The topological polar surface area (TPSA) is 100 Å². The maximum atomic E-state index is 12.7. The van der Waals surface area contributed by atoms with Crippen LogP contribution in [-0.4, -0.2) is 86.6 Å². The molecule has 0 saturated carbocycles. The molecular weight excluding hydrogens is 576 g/mol. The number of ether oxygens (including phenoxy) is 1. The molecule has 2 aromatic heterocycles. The van der Waals surface area contributed by atoms with Crippen molar-refractivity contribution in [2.75, 3.05) is 49.9 Å². The summed E-state index contributed by atoms with van der Waals surface area (Å²) < 4.78 is 6.80. The maximum Gasteiger partial charge on any atom is 0.435 e. The largest absolute Gasteiger partial charge is 0.442 e. The summed E-state index contributed by atoms with van der Waals surface area (Å²) in [6, 6.07) is 22.6. The molecule has 0 aliphatic carbocycles. The van der Waals surface area contributed by atoms with Crippen LogP contribution in [0.4, 0.5) is 22.0 Å². The van der Waals surface area contributed by atoms with Gasteiger partial charge in [-0.3, -0.25) is 4.90 Å². The number of rotatable bonds is 9. The van der Waals surface area contributed by atoms with Crippen LogP contribution < -0.4 is 10.6 Å². The minimum Gasteiger partial charge on any atom is -0.442 e. The lowest BCUT2D eigenvalue weighted by molar-refractivity contribution is 0.0522. The van der Waals surface area contributed by atoms with E-state index in [9.17, 15) is 4.79 Å². The van der Waals surface area contributed by atoms with Crippen LogP contribution in [0.2, 0.25) is 0 Å². The van der Waals surface area contributed by atoms with E-state index in [1.807, 2.05) is 75.4 Å². The van der Waals surface area contributed by atoms with Gasteiger partial charge in [0.2, 0.25) is 0 Å². The molecule has 6 rings (SSSR count). The number of para-hydroxylation sites is 1. The van der Waals surface area contributed by atoms with Crippen LogP contribution in [-0.2, 0) is 4.74 Å². The molecule has 10 heteroatoms. The molecule has 0 atom stereocenters. The molecule has 3 aromatic carbocycles. The predicted molar refractivity (Wildman–Crippen MR) is 186 cm³/mol. The third-order valence-electron chi connectivity index (χ3n) is 8.24. The molecule has 0 radical (unpaired) electrons. The zero-order valence-electron chi connectivity index (χ0n) is 27.5. The third kappa shape index (κ3) is 7.46. The number of benzene rings is 3. The van der Waals surface area contributed by atoms with E-state index < -0.39 is 11.7 Å². The fourth-order valence-electron chi connectivity index (χ4n) is 5.81. The van der Waals surface area contributed by atoms with Crippen molar-refractivity contribution in [2.45, 2.75) is 52.7 Å². The molecule has 3 heterocycles. The Morgan fingerprint density at radius 1 is 0.935 bits per heavy atom. The molecular formula is C36H44N8O2. The first-order chi connectivity index (χ1) is 22.1. The van der Waals surface area contributed by atoms with E-state index >= 15 is 0 Å². The smallest absolute Gasteiger partial charge is 0.435 e. The number of fused-ring (bicyclic) bond motifs is 2. The molecule has 0 amide bonds. The van der Waals surface area contributed by atoms with Gasteiger partial charge in [-0.1, -0.05) is 24.3 Å². The second-order valence-electron chi connectivity index (χ2n) is 13.2. The van der Waals surface area contributed by atoms with Crippen molar-refractivity contribution in [1.82, 2.24) is 29.5 Å². The number of piperazine rings is 1. The highest BCUT2D eigenvalue weighted by Gasteiger charge is 2.21. The summed E-state index contributed by atoms with van der Waals surface area (Å²) in [7, 11) is 0. The van der Waals surface area contributed by atoms with E-state index in [0.29, 0.717) is 23.2 Å². The Morgan fingerprint density at radius 2 is 1.74 bits per heavy atom. The Morgan fingerprint density at radius 3 is 2.52 bits per heavy atom. The van der Waals surface area contributed by atoms with Gasteiger partial charge in [0.05, 0.1) is 17.2 Å². The predicted octanol–water partition coefficient (Wildman–Crippen LogP) is 7.00. The molecule has 240 valence electrons. The Labute approximate surface area is 270 Å². The first kappa shape index (κ1) is 31.4. The first-order valence-electron chi connectivity index (χ1n) is 16.2. The zero-order chi connectivity index (χ0) is 32.3. The summed E-state index contributed by atoms with van der Waals surface area (Å²) in [6.07, 6.45) is 2.25. The lowest BCUT2D eigenvalue weighted by atomic mass is 10.1. The van der Waals surface area contributed by atoms with Gasteiger partial charge in [-0.05, 0) is 90.0 Å². The number of nitrogens with one attached hydrogen (secondary N) is 2. The Kier molecular flexibility index (Phi) is 9.19. The lowest BCUT2D eigenvalue weighted by Crippen LogP contribution is -2.49. The Balaban J connectivity index is 1.16. The number of aromatic nitrogens is 4. The van der Waals surface area contributed by atoms with E-state index in [-0.39, 0.29) is 0 Å².